The highest BCUT2D eigenvalue weighted by Gasteiger charge is 2.30. The van der Waals surface area contributed by atoms with Crippen molar-refractivity contribution in [1.29, 1.82) is 0 Å². The Morgan fingerprint density at radius 2 is 2.05 bits per heavy atom. The standard InChI is InChI=1S/C13H20F3N3/c1-3-6-17-7-10(2)18-9-12-5-4-11(8-19-12)13(14,15)16/h4-5,8,10,17-18H,3,6-7,9H2,1-2H3. The van der Waals surface area contributed by atoms with Crippen LogP contribution in [0.2, 0.25) is 0 Å². The number of alkyl halides is 3. The Kier molecular flexibility index (Phi) is 6.24. The SMILES string of the molecule is CCCNCC(C)NCc1ccc(C(F)(F)F)cn1. The maximum Gasteiger partial charge on any atom is 0.417 e. The van der Waals surface area contributed by atoms with Crippen LogP contribution in [0.1, 0.15) is 31.5 Å². The fourth-order valence-electron chi connectivity index (χ4n) is 1.54. The van der Waals surface area contributed by atoms with Crippen LogP contribution in [0.15, 0.2) is 18.3 Å². The summed E-state index contributed by atoms with van der Waals surface area (Å²) in [5.74, 6) is 0. The third-order valence-corrected chi connectivity index (χ3v) is 2.66. The van der Waals surface area contributed by atoms with E-state index >= 15 is 0 Å². The Bertz CT molecular complexity index is 362. The van der Waals surface area contributed by atoms with E-state index in [1.165, 1.54) is 6.07 Å². The maximum absolute atomic E-state index is 12.3. The Hall–Kier alpha value is -1.14. The molecule has 1 atom stereocenters. The second-order valence-corrected chi connectivity index (χ2v) is 4.52. The van der Waals surface area contributed by atoms with Gasteiger partial charge < -0.3 is 10.6 Å². The van der Waals surface area contributed by atoms with Crippen molar-refractivity contribution in [3.8, 4) is 0 Å². The molecule has 1 heterocycles. The molecule has 0 saturated heterocycles. The molecule has 0 saturated carbocycles. The number of rotatable bonds is 7. The zero-order valence-corrected chi connectivity index (χ0v) is 11.2. The molecule has 1 unspecified atom stereocenters. The largest absolute Gasteiger partial charge is 0.417 e. The molecular weight excluding hydrogens is 255 g/mol. The van der Waals surface area contributed by atoms with E-state index in [9.17, 15) is 13.2 Å². The summed E-state index contributed by atoms with van der Waals surface area (Å²) < 4.78 is 37.0. The van der Waals surface area contributed by atoms with Crippen LogP contribution in [0, 0.1) is 0 Å². The predicted octanol–water partition coefficient (Wildman–Crippen LogP) is 2.58. The minimum Gasteiger partial charge on any atom is -0.315 e. The van der Waals surface area contributed by atoms with Crippen LogP contribution < -0.4 is 10.6 Å². The number of aromatic nitrogens is 1. The number of halogens is 3. The van der Waals surface area contributed by atoms with E-state index in [1.54, 1.807) is 0 Å². The van der Waals surface area contributed by atoms with Crippen molar-refractivity contribution in [1.82, 2.24) is 15.6 Å². The number of nitrogens with one attached hydrogen (secondary N) is 2. The van der Waals surface area contributed by atoms with Crippen molar-refractivity contribution >= 4 is 0 Å². The maximum atomic E-state index is 12.3. The van der Waals surface area contributed by atoms with Gasteiger partial charge in [-0.15, -0.1) is 0 Å². The molecule has 1 aromatic heterocycles. The van der Waals surface area contributed by atoms with E-state index in [4.69, 9.17) is 0 Å². The van der Waals surface area contributed by atoms with Crippen LogP contribution >= 0.6 is 0 Å². The lowest BCUT2D eigenvalue weighted by Crippen LogP contribution is -2.36. The number of hydrogen-bond donors (Lipinski definition) is 2. The molecule has 1 rings (SSSR count). The smallest absolute Gasteiger partial charge is 0.315 e. The molecule has 2 N–H and O–H groups in total. The molecule has 0 aliphatic carbocycles. The summed E-state index contributed by atoms with van der Waals surface area (Å²) in [6.07, 6.45) is -2.37. The van der Waals surface area contributed by atoms with Crippen LogP contribution in [0.5, 0.6) is 0 Å². The molecule has 0 aliphatic rings. The van der Waals surface area contributed by atoms with Gasteiger partial charge in [0, 0.05) is 25.3 Å². The summed E-state index contributed by atoms with van der Waals surface area (Å²) >= 11 is 0. The predicted molar refractivity (Wildman–Crippen MR) is 68.7 cm³/mol. The van der Waals surface area contributed by atoms with Crippen molar-refractivity contribution < 1.29 is 13.2 Å². The van der Waals surface area contributed by atoms with Crippen LogP contribution in [0.4, 0.5) is 13.2 Å². The van der Waals surface area contributed by atoms with Gasteiger partial charge in [-0.05, 0) is 32.0 Å². The summed E-state index contributed by atoms with van der Waals surface area (Å²) in [4.78, 5) is 3.81. The highest BCUT2D eigenvalue weighted by atomic mass is 19.4. The minimum atomic E-state index is -4.32. The molecule has 0 amide bonds. The molecule has 6 heteroatoms. The lowest BCUT2D eigenvalue weighted by atomic mass is 10.2. The summed E-state index contributed by atoms with van der Waals surface area (Å²) in [6, 6.07) is 2.71. The lowest BCUT2D eigenvalue weighted by Gasteiger charge is -2.14. The van der Waals surface area contributed by atoms with Crippen LogP contribution in [-0.4, -0.2) is 24.1 Å². The van der Waals surface area contributed by atoms with E-state index in [0.717, 1.165) is 31.8 Å². The van der Waals surface area contributed by atoms with Crippen molar-refractivity contribution in [3.63, 3.8) is 0 Å². The second kappa shape index (κ2) is 7.45. The average molecular weight is 275 g/mol. The van der Waals surface area contributed by atoms with Gasteiger partial charge in [0.15, 0.2) is 0 Å². The lowest BCUT2D eigenvalue weighted by molar-refractivity contribution is -0.137. The fourth-order valence-corrected chi connectivity index (χ4v) is 1.54. The van der Waals surface area contributed by atoms with Crippen LogP contribution in [0.3, 0.4) is 0 Å². The Morgan fingerprint density at radius 3 is 2.58 bits per heavy atom. The summed E-state index contributed by atoms with van der Waals surface area (Å²) in [6.45, 7) is 6.37. The van der Waals surface area contributed by atoms with Crippen molar-refractivity contribution in [3.05, 3.63) is 29.6 Å². The van der Waals surface area contributed by atoms with Gasteiger partial charge in [-0.2, -0.15) is 13.2 Å². The van der Waals surface area contributed by atoms with Gasteiger partial charge in [0.2, 0.25) is 0 Å². The molecule has 0 radical (unpaired) electrons. The molecule has 3 nitrogen and oxygen atoms in total. The first kappa shape index (κ1) is 15.9. The molecule has 108 valence electrons. The van der Waals surface area contributed by atoms with Crippen molar-refractivity contribution in [2.75, 3.05) is 13.1 Å². The average Bonchev–Trinajstić information content (AvgIpc) is 2.36. The normalized spacial score (nSPS) is 13.5. The molecule has 0 spiro atoms. The van der Waals surface area contributed by atoms with Crippen LogP contribution in [0.25, 0.3) is 0 Å². The number of hydrogen-bond acceptors (Lipinski definition) is 3. The van der Waals surface area contributed by atoms with Gasteiger partial charge in [-0.1, -0.05) is 6.92 Å². The molecule has 0 bridgehead atoms. The zero-order chi connectivity index (χ0) is 14.3. The quantitative estimate of drug-likeness (QED) is 0.751. The molecule has 0 fully saturated rings. The minimum absolute atomic E-state index is 0.246. The highest BCUT2D eigenvalue weighted by molar-refractivity contribution is 5.16. The monoisotopic (exact) mass is 275 g/mol. The van der Waals surface area contributed by atoms with Crippen molar-refractivity contribution in [2.24, 2.45) is 0 Å². The Labute approximate surface area is 111 Å². The van der Waals surface area contributed by atoms with Gasteiger partial charge in [-0.25, -0.2) is 0 Å². The first-order valence-electron chi connectivity index (χ1n) is 6.39. The van der Waals surface area contributed by atoms with Crippen molar-refractivity contribution in [2.45, 2.75) is 39.0 Å². The first-order chi connectivity index (χ1) is 8.93. The highest BCUT2D eigenvalue weighted by Crippen LogP contribution is 2.28. The number of nitrogens with zero attached hydrogens (tertiary/aromatic N) is 1. The second-order valence-electron chi connectivity index (χ2n) is 4.52. The summed E-state index contributed by atoms with van der Waals surface area (Å²) in [5.41, 5.74) is -0.107. The molecule has 1 aromatic rings. The van der Waals surface area contributed by atoms with Crippen LogP contribution in [-0.2, 0) is 12.7 Å². The molecule has 0 aromatic carbocycles. The molecule has 0 aliphatic heterocycles. The fraction of sp³-hybridized carbons (Fsp3) is 0.615. The molecule has 19 heavy (non-hydrogen) atoms. The van der Waals surface area contributed by atoms with Gasteiger partial charge in [0.25, 0.3) is 0 Å². The van der Waals surface area contributed by atoms with Gasteiger partial charge >= 0.3 is 6.18 Å². The van der Waals surface area contributed by atoms with Gasteiger partial charge in [-0.3, -0.25) is 4.98 Å². The summed E-state index contributed by atoms with van der Waals surface area (Å²) in [7, 11) is 0. The van der Waals surface area contributed by atoms with E-state index in [0.29, 0.717) is 12.2 Å². The Morgan fingerprint density at radius 1 is 1.32 bits per heavy atom. The van der Waals surface area contributed by atoms with E-state index < -0.39 is 11.7 Å². The first-order valence-corrected chi connectivity index (χ1v) is 6.39. The van der Waals surface area contributed by atoms with E-state index in [-0.39, 0.29) is 6.04 Å². The van der Waals surface area contributed by atoms with Gasteiger partial charge in [0.05, 0.1) is 11.3 Å². The van der Waals surface area contributed by atoms with E-state index in [2.05, 4.69) is 22.5 Å². The third-order valence-electron chi connectivity index (χ3n) is 2.66. The molecular formula is C13H20F3N3. The zero-order valence-electron chi connectivity index (χ0n) is 11.2. The topological polar surface area (TPSA) is 37.0 Å². The van der Waals surface area contributed by atoms with Gasteiger partial charge in [0.1, 0.15) is 0 Å². The van der Waals surface area contributed by atoms with E-state index in [1.807, 2.05) is 6.92 Å². The third kappa shape index (κ3) is 6.02. The Balaban J connectivity index is 2.37. The summed E-state index contributed by atoms with van der Waals surface area (Å²) in [5, 5.41) is 6.48. The number of pyridine rings is 1.